The highest BCUT2D eigenvalue weighted by Crippen LogP contribution is 2.38. The van der Waals surface area contributed by atoms with Crippen LogP contribution in [0.1, 0.15) is 17.5 Å². The molecule has 1 aliphatic rings. The number of fused-ring (bicyclic) bond motifs is 1. The van der Waals surface area contributed by atoms with E-state index in [1.165, 1.54) is 0 Å². The van der Waals surface area contributed by atoms with Crippen molar-refractivity contribution >= 4 is 17.5 Å². The smallest absolute Gasteiger partial charge is 0.220 e. The number of halogens is 1. The van der Waals surface area contributed by atoms with Gasteiger partial charge in [0.1, 0.15) is 19.0 Å². The number of phenols is 1. The van der Waals surface area contributed by atoms with E-state index in [0.717, 1.165) is 11.1 Å². The molecular weight excluding hydrogens is 342 g/mol. The summed E-state index contributed by atoms with van der Waals surface area (Å²) in [7, 11) is 0. The molecule has 0 bridgehead atoms. The number of phenolic OH excluding ortho intramolecular Hbond substituents is 1. The lowest BCUT2D eigenvalue weighted by molar-refractivity contribution is -0.121. The van der Waals surface area contributed by atoms with Gasteiger partial charge in [0.15, 0.2) is 11.5 Å². The van der Waals surface area contributed by atoms with Crippen molar-refractivity contribution in [3.63, 3.8) is 0 Å². The second-order valence-electron chi connectivity index (χ2n) is 5.83. The van der Waals surface area contributed by atoms with E-state index in [-0.39, 0.29) is 11.7 Å². The van der Waals surface area contributed by atoms with Gasteiger partial charge in [0, 0.05) is 13.0 Å². The van der Waals surface area contributed by atoms with Crippen LogP contribution >= 0.6 is 11.6 Å². The van der Waals surface area contributed by atoms with Crippen molar-refractivity contribution in [1.29, 1.82) is 0 Å². The molecule has 132 valence electrons. The number of ether oxygens (including phenoxy) is 2. The fraction of sp³-hybridized carbons (Fsp3) is 0.316. The van der Waals surface area contributed by atoms with Gasteiger partial charge in [-0.3, -0.25) is 4.79 Å². The molecule has 0 saturated heterocycles. The number of para-hydroxylation sites is 1. The summed E-state index contributed by atoms with van der Waals surface area (Å²) in [6.07, 6.45) is 1.49. The monoisotopic (exact) mass is 361 g/mol. The average molecular weight is 362 g/mol. The fourth-order valence-electron chi connectivity index (χ4n) is 2.71. The van der Waals surface area contributed by atoms with Crippen LogP contribution in [0.3, 0.4) is 0 Å². The van der Waals surface area contributed by atoms with Gasteiger partial charge in [-0.1, -0.05) is 29.8 Å². The van der Waals surface area contributed by atoms with E-state index in [1.807, 2.05) is 24.3 Å². The van der Waals surface area contributed by atoms with E-state index in [4.69, 9.17) is 21.1 Å². The molecule has 0 radical (unpaired) electrons. The number of nitrogens with one attached hydrogen (secondary N) is 1. The van der Waals surface area contributed by atoms with Crippen LogP contribution in [-0.2, 0) is 17.6 Å². The van der Waals surface area contributed by atoms with Crippen LogP contribution in [0.15, 0.2) is 36.4 Å². The summed E-state index contributed by atoms with van der Waals surface area (Å²) < 4.78 is 11.0. The third kappa shape index (κ3) is 4.57. The first-order chi connectivity index (χ1) is 12.1. The zero-order valence-corrected chi connectivity index (χ0v) is 14.5. The molecule has 1 amide bonds. The molecule has 0 aliphatic carbocycles. The van der Waals surface area contributed by atoms with Crippen LogP contribution in [0, 0.1) is 0 Å². The SMILES string of the molecule is O=C(CCc1ccccc1O)NCCc1cc(Cl)c2c(c1)OCCO2. The third-order valence-electron chi connectivity index (χ3n) is 4.01. The van der Waals surface area contributed by atoms with Crippen LogP contribution in [0.5, 0.6) is 17.2 Å². The van der Waals surface area contributed by atoms with Crippen molar-refractivity contribution in [2.75, 3.05) is 19.8 Å². The zero-order valence-electron chi connectivity index (χ0n) is 13.8. The van der Waals surface area contributed by atoms with Gasteiger partial charge in [0.05, 0.1) is 5.02 Å². The summed E-state index contributed by atoms with van der Waals surface area (Å²) >= 11 is 6.21. The Kier molecular flexibility index (Phi) is 5.66. The van der Waals surface area contributed by atoms with E-state index >= 15 is 0 Å². The molecule has 0 spiro atoms. The molecule has 25 heavy (non-hydrogen) atoms. The predicted molar refractivity (Wildman–Crippen MR) is 95.6 cm³/mol. The van der Waals surface area contributed by atoms with Gasteiger partial charge in [-0.25, -0.2) is 0 Å². The Balaban J connectivity index is 1.47. The normalized spacial score (nSPS) is 12.7. The molecule has 3 rings (SSSR count). The Morgan fingerprint density at radius 2 is 1.96 bits per heavy atom. The van der Waals surface area contributed by atoms with Gasteiger partial charge in [-0.15, -0.1) is 0 Å². The molecule has 2 aromatic rings. The van der Waals surface area contributed by atoms with E-state index in [0.29, 0.717) is 55.5 Å². The number of hydrogen-bond donors (Lipinski definition) is 2. The van der Waals surface area contributed by atoms with E-state index in [2.05, 4.69) is 5.32 Å². The zero-order chi connectivity index (χ0) is 17.6. The summed E-state index contributed by atoms with van der Waals surface area (Å²) in [4.78, 5) is 12.0. The van der Waals surface area contributed by atoms with Crippen LogP contribution < -0.4 is 14.8 Å². The molecule has 0 saturated carbocycles. The maximum Gasteiger partial charge on any atom is 0.220 e. The van der Waals surface area contributed by atoms with Gasteiger partial charge in [0.2, 0.25) is 5.91 Å². The average Bonchev–Trinajstić information content (AvgIpc) is 2.61. The molecule has 6 heteroatoms. The Hall–Kier alpha value is -2.40. The summed E-state index contributed by atoms with van der Waals surface area (Å²) in [5, 5.41) is 13.1. The lowest BCUT2D eigenvalue weighted by Crippen LogP contribution is -2.26. The summed E-state index contributed by atoms with van der Waals surface area (Å²) in [6, 6.07) is 10.8. The lowest BCUT2D eigenvalue weighted by atomic mass is 10.1. The highest BCUT2D eigenvalue weighted by Gasteiger charge is 2.16. The Morgan fingerprint density at radius 1 is 1.16 bits per heavy atom. The number of carbonyl (C=O) groups is 1. The maximum absolute atomic E-state index is 12.0. The summed E-state index contributed by atoms with van der Waals surface area (Å²) in [5.74, 6) is 1.41. The topological polar surface area (TPSA) is 67.8 Å². The Bertz CT molecular complexity index is 763. The third-order valence-corrected chi connectivity index (χ3v) is 4.29. The van der Waals surface area contributed by atoms with E-state index in [9.17, 15) is 9.90 Å². The quantitative estimate of drug-likeness (QED) is 0.829. The van der Waals surface area contributed by atoms with Crippen LogP contribution in [0.4, 0.5) is 0 Å². The molecule has 2 aromatic carbocycles. The second-order valence-corrected chi connectivity index (χ2v) is 6.24. The standard InChI is InChI=1S/C19H20ClNO4/c20-15-11-13(12-17-19(15)25-10-9-24-17)7-8-21-18(23)6-5-14-3-1-2-4-16(14)22/h1-4,11-12,22H,5-10H2,(H,21,23). The van der Waals surface area contributed by atoms with Crippen molar-refractivity contribution in [2.24, 2.45) is 0 Å². The van der Waals surface area contributed by atoms with Crippen molar-refractivity contribution in [3.05, 3.63) is 52.5 Å². The predicted octanol–water partition coefficient (Wildman–Crippen LogP) is 3.11. The highest BCUT2D eigenvalue weighted by molar-refractivity contribution is 6.32. The molecule has 0 aromatic heterocycles. The number of carbonyl (C=O) groups excluding carboxylic acids is 1. The molecule has 5 nitrogen and oxygen atoms in total. The van der Waals surface area contributed by atoms with Gasteiger partial charge >= 0.3 is 0 Å². The van der Waals surface area contributed by atoms with Gasteiger partial charge in [-0.05, 0) is 42.2 Å². The number of rotatable bonds is 6. The number of amides is 1. The number of aromatic hydroxyl groups is 1. The molecule has 1 aliphatic heterocycles. The minimum atomic E-state index is -0.0492. The van der Waals surface area contributed by atoms with Crippen LogP contribution in [0.25, 0.3) is 0 Å². The largest absolute Gasteiger partial charge is 0.508 e. The highest BCUT2D eigenvalue weighted by atomic mass is 35.5. The Morgan fingerprint density at radius 3 is 2.80 bits per heavy atom. The molecule has 0 fully saturated rings. The molecular formula is C19H20ClNO4. The maximum atomic E-state index is 12.0. The summed E-state index contributed by atoms with van der Waals surface area (Å²) in [5.41, 5.74) is 1.76. The molecule has 0 unspecified atom stereocenters. The van der Waals surface area contributed by atoms with E-state index < -0.39 is 0 Å². The molecule has 0 atom stereocenters. The second kappa shape index (κ2) is 8.12. The van der Waals surface area contributed by atoms with Crippen molar-refractivity contribution in [2.45, 2.75) is 19.3 Å². The minimum absolute atomic E-state index is 0.0492. The number of hydrogen-bond acceptors (Lipinski definition) is 4. The lowest BCUT2D eigenvalue weighted by Gasteiger charge is -2.20. The van der Waals surface area contributed by atoms with Gasteiger partial charge < -0.3 is 19.9 Å². The first-order valence-corrected chi connectivity index (χ1v) is 8.63. The first-order valence-electron chi connectivity index (χ1n) is 8.25. The van der Waals surface area contributed by atoms with Crippen molar-refractivity contribution < 1.29 is 19.4 Å². The Labute approximate surface area is 151 Å². The summed E-state index contributed by atoms with van der Waals surface area (Å²) in [6.45, 7) is 1.52. The van der Waals surface area contributed by atoms with Crippen LogP contribution in [0.2, 0.25) is 5.02 Å². The fourth-order valence-corrected chi connectivity index (χ4v) is 3.00. The van der Waals surface area contributed by atoms with Gasteiger partial charge in [0.25, 0.3) is 0 Å². The number of aryl methyl sites for hydroxylation is 1. The minimum Gasteiger partial charge on any atom is -0.508 e. The van der Waals surface area contributed by atoms with Gasteiger partial charge in [-0.2, -0.15) is 0 Å². The molecule has 1 heterocycles. The van der Waals surface area contributed by atoms with Crippen molar-refractivity contribution in [3.8, 4) is 17.2 Å². The van der Waals surface area contributed by atoms with Crippen LogP contribution in [-0.4, -0.2) is 30.8 Å². The van der Waals surface area contributed by atoms with Crippen molar-refractivity contribution in [1.82, 2.24) is 5.32 Å². The number of benzene rings is 2. The first kappa shape index (κ1) is 17.4. The van der Waals surface area contributed by atoms with E-state index in [1.54, 1.807) is 12.1 Å². The molecule has 2 N–H and O–H groups in total.